The van der Waals surface area contributed by atoms with Gasteiger partial charge in [-0.2, -0.15) is 0 Å². The number of fused-ring (bicyclic) bond motifs is 1. The number of piperidine rings is 1. The highest BCUT2D eigenvalue weighted by molar-refractivity contribution is 5.74. The van der Waals surface area contributed by atoms with Crippen molar-refractivity contribution in [3.8, 4) is 0 Å². The number of hydrazine groups is 1. The Kier molecular flexibility index (Phi) is 8.98. The van der Waals surface area contributed by atoms with Gasteiger partial charge in [0.15, 0.2) is 0 Å². The average Bonchev–Trinajstić information content (AvgIpc) is 3.23. The lowest BCUT2D eigenvalue weighted by Crippen LogP contribution is -2.64. The molecule has 3 aliphatic heterocycles. The van der Waals surface area contributed by atoms with E-state index in [-0.39, 0.29) is 18.1 Å². The third-order valence-electron chi connectivity index (χ3n) is 9.54. The fourth-order valence-electron chi connectivity index (χ4n) is 7.89. The summed E-state index contributed by atoms with van der Waals surface area (Å²) in [6.07, 6.45) is 5.30. The Morgan fingerprint density at radius 3 is 2.46 bits per heavy atom. The third-order valence-corrected chi connectivity index (χ3v) is 9.54. The highest BCUT2D eigenvalue weighted by atomic mass is 19.4. The minimum Gasteiger partial charge on any atom is -0.480 e. The quantitative estimate of drug-likeness (QED) is 0.483. The van der Waals surface area contributed by atoms with Crippen LogP contribution < -0.4 is 10.7 Å². The van der Waals surface area contributed by atoms with Crippen LogP contribution in [0.1, 0.15) is 70.6 Å². The van der Waals surface area contributed by atoms with Gasteiger partial charge in [0.25, 0.3) is 0 Å². The van der Waals surface area contributed by atoms with E-state index in [0.29, 0.717) is 44.6 Å². The molecule has 0 spiro atoms. The van der Waals surface area contributed by atoms with Crippen molar-refractivity contribution in [1.82, 2.24) is 25.6 Å². The van der Waals surface area contributed by atoms with Crippen LogP contribution in [-0.4, -0.2) is 108 Å². The molecule has 2 aliphatic carbocycles. The summed E-state index contributed by atoms with van der Waals surface area (Å²) in [7, 11) is 0. The normalized spacial score (nSPS) is 36.7. The highest BCUT2D eigenvalue weighted by Crippen LogP contribution is 2.38. The molecule has 2 saturated carbocycles. The molecular weight excluding hydrogens is 487 g/mol. The summed E-state index contributed by atoms with van der Waals surface area (Å²) in [5.74, 6) is -0.451. The summed E-state index contributed by atoms with van der Waals surface area (Å²) in [4.78, 5) is 16.7. The number of alkyl halides is 3. The van der Waals surface area contributed by atoms with E-state index < -0.39 is 24.5 Å². The molecule has 8 nitrogen and oxygen atoms in total. The molecule has 3 saturated heterocycles. The lowest BCUT2D eigenvalue weighted by Gasteiger charge is -2.50. The van der Waals surface area contributed by atoms with Gasteiger partial charge in [0.1, 0.15) is 6.04 Å². The number of carbonyl (C=O) groups is 1. The first-order valence-corrected chi connectivity index (χ1v) is 14.5. The fraction of sp³-hybridized carbons (Fsp3) is 0.962. The number of halogens is 3. The Bertz CT molecular complexity index is 768. The third kappa shape index (κ3) is 6.61. The molecule has 5 aliphatic rings. The van der Waals surface area contributed by atoms with Gasteiger partial charge in [-0.3, -0.25) is 19.3 Å². The van der Waals surface area contributed by atoms with E-state index in [1.807, 2.05) is 0 Å². The average molecular weight is 532 g/mol. The Hall–Kier alpha value is -0.980. The topological polar surface area (TPSA) is 80.3 Å². The van der Waals surface area contributed by atoms with Crippen molar-refractivity contribution in [2.45, 2.75) is 113 Å². The van der Waals surface area contributed by atoms with Crippen molar-refractivity contribution in [1.29, 1.82) is 0 Å². The molecule has 0 aromatic heterocycles. The van der Waals surface area contributed by atoms with Gasteiger partial charge in [-0.25, -0.2) is 10.4 Å². The van der Waals surface area contributed by atoms with Crippen LogP contribution in [0.25, 0.3) is 0 Å². The second kappa shape index (κ2) is 12.0. The lowest BCUT2D eigenvalue weighted by molar-refractivity contribution is -0.352. The maximum absolute atomic E-state index is 13.3. The number of hydrogen-bond donors (Lipinski definition) is 3. The summed E-state index contributed by atoms with van der Waals surface area (Å²) < 4.78 is 44.7. The van der Waals surface area contributed by atoms with E-state index in [1.54, 1.807) is 0 Å². The standard InChI is InChI=1S/C26H44F3N5O3/c27-26(28,29)37-21-10-9-18-6-4-12-30-22(18)24(21)33-14-5-13-32(16-17-33)23(25(35)36)20-11-15-34(31-20)19-7-2-1-3-8-19/h18-24,30-31H,1-17H2,(H,35,36). The molecule has 5 fully saturated rings. The van der Waals surface area contributed by atoms with Crippen molar-refractivity contribution >= 4 is 5.97 Å². The van der Waals surface area contributed by atoms with E-state index in [4.69, 9.17) is 4.74 Å². The lowest BCUT2D eigenvalue weighted by atomic mass is 9.74. The predicted molar refractivity (Wildman–Crippen MR) is 133 cm³/mol. The summed E-state index contributed by atoms with van der Waals surface area (Å²) >= 11 is 0. The first kappa shape index (κ1) is 27.6. The zero-order valence-electron chi connectivity index (χ0n) is 21.8. The smallest absolute Gasteiger partial charge is 0.480 e. The van der Waals surface area contributed by atoms with Crippen LogP contribution in [0.15, 0.2) is 0 Å². The second-order valence-electron chi connectivity index (χ2n) is 11.8. The second-order valence-corrected chi connectivity index (χ2v) is 11.8. The minimum absolute atomic E-state index is 0.0165. The van der Waals surface area contributed by atoms with E-state index in [2.05, 4.69) is 25.6 Å². The summed E-state index contributed by atoms with van der Waals surface area (Å²) in [6, 6.07) is -0.665. The van der Waals surface area contributed by atoms with Crippen LogP contribution >= 0.6 is 0 Å². The van der Waals surface area contributed by atoms with E-state index in [0.717, 1.165) is 58.0 Å². The Morgan fingerprint density at radius 2 is 1.70 bits per heavy atom. The number of rotatable bonds is 6. The van der Waals surface area contributed by atoms with E-state index >= 15 is 0 Å². The van der Waals surface area contributed by atoms with Gasteiger partial charge in [0, 0.05) is 44.3 Å². The van der Waals surface area contributed by atoms with Crippen molar-refractivity contribution < 1.29 is 27.8 Å². The zero-order valence-corrected chi connectivity index (χ0v) is 21.8. The largest absolute Gasteiger partial charge is 0.522 e. The minimum atomic E-state index is -4.66. The monoisotopic (exact) mass is 531 g/mol. The molecule has 37 heavy (non-hydrogen) atoms. The number of carboxylic acid groups (broad SMARTS) is 1. The van der Waals surface area contributed by atoms with Crippen LogP contribution in [0.5, 0.6) is 0 Å². The number of carboxylic acids is 1. The molecule has 5 rings (SSSR count). The number of aliphatic carboxylic acids is 1. The summed E-state index contributed by atoms with van der Waals surface area (Å²) in [5, 5.41) is 16.0. The summed E-state index contributed by atoms with van der Waals surface area (Å²) in [5.41, 5.74) is 3.55. The van der Waals surface area contributed by atoms with Crippen LogP contribution in [0.2, 0.25) is 0 Å². The number of hydrogen-bond acceptors (Lipinski definition) is 7. The van der Waals surface area contributed by atoms with Crippen LogP contribution in [0.4, 0.5) is 13.2 Å². The van der Waals surface area contributed by atoms with Crippen LogP contribution in [-0.2, 0) is 9.53 Å². The molecule has 3 heterocycles. The zero-order chi connectivity index (χ0) is 26.0. The molecule has 0 radical (unpaired) electrons. The number of nitrogens with one attached hydrogen (secondary N) is 2. The van der Waals surface area contributed by atoms with Gasteiger partial charge >= 0.3 is 12.3 Å². The Balaban J connectivity index is 1.25. The van der Waals surface area contributed by atoms with Gasteiger partial charge in [-0.15, -0.1) is 13.2 Å². The molecular formula is C26H44F3N5O3. The molecule has 6 atom stereocenters. The van der Waals surface area contributed by atoms with Crippen molar-refractivity contribution in [3.63, 3.8) is 0 Å². The predicted octanol–water partition coefficient (Wildman–Crippen LogP) is 2.79. The van der Waals surface area contributed by atoms with Gasteiger partial charge < -0.3 is 10.4 Å². The molecule has 0 aromatic rings. The molecule has 3 N–H and O–H groups in total. The summed E-state index contributed by atoms with van der Waals surface area (Å²) in [6.45, 7) is 4.06. The SMILES string of the molecule is O=C(O)C(C1CCN(C2CCCCC2)N1)N1CCCN(C2C(OC(F)(F)F)CCC3CCCNC32)CC1. The number of ether oxygens (including phenoxy) is 1. The highest BCUT2D eigenvalue weighted by Gasteiger charge is 2.48. The first-order valence-electron chi connectivity index (χ1n) is 14.5. The van der Waals surface area contributed by atoms with Gasteiger partial charge in [-0.05, 0) is 70.4 Å². The molecule has 0 amide bonds. The van der Waals surface area contributed by atoms with Crippen LogP contribution in [0, 0.1) is 5.92 Å². The maximum atomic E-state index is 13.3. The van der Waals surface area contributed by atoms with Gasteiger partial charge in [-0.1, -0.05) is 19.3 Å². The maximum Gasteiger partial charge on any atom is 0.522 e. The first-order chi connectivity index (χ1) is 17.8. The molecule has 11 heteroatoms. The van der Waals surface area contributed by atoms with Crippen molar-refractivity contribution in [2.24, 2.45) is 5.92 Å². The molecule has 0 bridgehead atoms. The molecule has 0 aromatic carbocycles. The fourth-order valence-corrected chi connectivity index (χ4v) is 7.89. The number of nitrogens with zero attached hydrogens (tertiary/aromatic N) is 3. The van der Waals surface area contributed by atoms with E-state index in [9.17, 15) is 23.1 Å². The van der Waals surface area contributed by atoms with E-state index in [1.165, 1.54) is 19.3 Å². The van der Waals surface area contributed by atoms with Crippen molar-refractivity contribution in [3.05, 3.63) is 0 Å². The van der Waals surface area contributed by atoms with Gasteiger partial charge in [0.2, 0.25) is 0 Å². The molecule has 212 valence electrons. The van der Waals surface area contributed by atoms with Crippen LogP contribution in [0.3, 0.4) is 0 Å². The van der Waals surface area contributed by atoms with Crippen molar-refractivity contribution in [2.75, 3.05) is 39.3 Å². The van der Waals surface area contributed by atoms with Gasteiger partial charge in [0.05, 0.1) is 12.1 Å². The Labute approximate surface area is 218 Å². The Morgan fingerprint density at radius 1 is 0.892 bits per heavy atom. The molecule has 6 unspecified atom stereocenters.